The zero-order chi connectivity index (χ0) is 23.1. The fourth-order valence-electron chi connectivity index (χ4n) is 3.24. The summed E-state index contributed by atoms with van der Waals surface area (Å²) < 4.78 is 68.4. The smallest absolute Gasteiger partial charge is 0.398 e. The molecule has 0 saturated heterocycles. The number of aromatic nitrogens is 1. The van der Waals surface area contributed by atoms with Crippen LogP contribution in [0.2, 0.25) is 10.0 Å². The van der Waals surface area contributed by atoms with Crippen molar-refractivity contribution in [1.82, 2.24) is 9.71 Å². The van der Waals surface area contributed by atoms with Crippen molar-refractivity contribution in [2.75, 3.05) is 5.73 Å². The molecular formula is C19H15Cl2F3N4O2S. The first kappa shape index (κ1) is 23.2. The van der Waals surface area contributed by atoms with E-state index < -0.39 is 38.6 Å². The summed E-state index contributed by atoms with van der Waals surface area (Å²) in [5.74, 6) is 0. The van der Waals surface area contributed by atoms with E-state index >= 15 is 0 Å². The third-order valence-corrected chi connectivity index (χ3v) is 6.78. The molecule has 1 unspecified atom stereocenters. The van der Waals surface area contributed by atoms with Gasteiger partial charge in [0.2, 0.25) is 10.0 Å². The van der Waals surface area contributed by atoms with Gasteiger partial charge in [-0.25, -0.2) is 8.42 Å². The number of nitriles is 1. The molecule has 12 heteroatoms. The number of sulfonamides is 1. The Labute approximate surface area is 185 Å². The van der Waals surface area contributed by atoms with E-state index in [0.29, 0.717) is 16.5 Å². The van der Waals surface area contributed by atoms with Crippen LogP contribution < -0.4 is 10.5 Å². The lowest BCUT2D eigenvalue weighted by molar-refractivity contribution is -0.150. The molecule has 6 nitrogen and oxygen atoms in total. The second-order valence-electron chi connectivity index (χ2n) is 6.89. The zero-order valence-corrected chi connectivity index (χ0v) is 18.1. The van der Waals surface area contributed by atoms with Gasteiger partial charge in [0.05, 0.1) is 21.8 Å². The van der Waals surface area contributed by atoms with Gasteiger partial charge >= 0.3 is 6.18 Å². The third-order valence-electron chi connectivity index (χ3n) is 4.56. The molecule has 1 atom stereocenters. The number of rotatable bonds is 5. The fraction of sp³-hybridized carbons (Fsp3) is 0.211. The van der Waals surface area contributed by atoms with Crippen LogP contribution in [-0.4, -0.2) is 25.6 Å². The van der Waals surface area contributed by atoms with Crippen LogP contribution in [0.25, 0.3) is 10.9 Å². The Bertz CT molecular complexity index is 1290. The van der Waals surface area contributed by atoms with Gasteiger partial charge in [-0.05, 0) is 48.7 Å². The van der Waals surface area contributed by atoms with Crippen LogP contribution in [0.1, 0.15) is 16.7 Å². The predicted molar refractivity (Wildman–Crippen MR) is 112 cm³/mol. The van der Waals surface area contributed by atoms with Crippen molar-refractivity contribution >= 4 is 49.8 Å². The van der Waals surface area contributed by atoms with Gasteiger partial charge in [0.1, 0.15) is 17.0 Å². The molecule has 164 valence electrons. The number of fused-ring (bicyclic) bond motifs is 1. The fourth-order valence-corrected chi connectivity index (χ4v) is 5.45. The Morgan fingerprint density at radius 2 is 1.94 bits per heavy atom. The Morgan fingerprint density at radius 1 is 1.26 bits per heavy atom. The maximum absolute atomic E-state index is 13.8. The van der Waals surface area contributed by atoms with E-state index in [1.807, 2.05) is 6.07 Å². The minimum Gasteiger partial charge on any atom is -0.398 e. The number of anilines is 1. The van der Waals surface area contributed by atoms with E-state index in [0.717, 1.165) is 12.1 Å². The van der Waals surface area contributed by atoms with Gasteiger partial charge in [-0.15, -0.1) is 0 Å². The largest absolute Gasteiger partial charge is 0.405 e. The maximum Gasteiger partial charge on any atom is 0.405 e. The van der Waals surface area contributed by atoms with Crippen LogP contribution >= 0.6 is 23.2 Å². The van der Waals surface area contributed by atoms with Gasteiger partial charge in [0.25, 0.3) is 0 Å². The van der Waals surface area contributed by atoms with Crippen LogP contribution in [-0.2, 0) is 16.4 Å². The number of nitrogen functional groups attached to an aromatic ring is 1. The van der Waals surface area contributed by atoms with E-state index in [4.69, 9.17) is 28.9 Å². The van der Waals surface area contributed by atoms with Gasteiger partial charge in [-0.2, -0.15) is 23.2 Å². The van der Waals surface area contributed by atoms with Crippen molar-refractivity contribution < 1.29 is 21.6 Å². The molecule has 1 heterocycles. The molecule has 0 bridgehead atoms. The summed E-state index contributed by atoms with van der Waals surface area (Å²) in [6.45, 7) is 1.70. The average Bonchev–Trinajstić information content (AvgIpc) is 3.01. The summed E-state index contributed by atoms with van der Waals surface area (Å²) in [7, 11) is -4.75. The molecule has 0 aliphatic rings. The van der Waals surface area contributed by atoms with Crippen molar-refractivity contribution in [2.24, 2.45) is 0 Å². The van der Waals surface area contributed by atoms with E-state index in [2.05, 4.69) is 4.98 Å². The van der Waals surface area contributed by atoms with E-state index in [9.17, 15) is 26.9 Å². The lowest BCUT2D eigenvalue weighted by atomic mass is 10.0. The summed E-state index contributed by atoms with van der Waals surface area (Å²) in [6.07, 6.45) is -4.32. The zero-order valence-electron chi connectivity index (χ0n) is 15.8. The Hall–Kier alpha value is -2.45. The molecule has 2 aromatic carbocycles. The number of aromatic amines is 1. The number of nitrogens with two attached hydrogens (primary N) is 1. The number of alkyl halides is 3. The SMILES string of the molecule is Cc1cc(C#N)c2[nH]cc(CC(NS(=O)(=O)c3c(N)cc(Cl)cc3Cl)C(F)(F)F)c2c1. The van der Waals surface area contributed by atoms with Crippen molar-refractivity contribution in [1.29, 1.82) is 5.26 Å². The molecule has 0 saturated carbocycles. The van der Waals surface area contributed by atoms with Crippen LogP contribution in [0.5, 0.6) is 0 Å². The summed E-state index contributed by atoms with van der Waals surface area (Å²) in [4.78, 5) is 2.10. The number of aryl methyl sites for hydroxylation is 1. The number of benzene rings is 2. The molecule has 0 amide bonds. The highest BCUT2D eigenvalue weighted by Crippen LogP contribution is 2.34. The Kier molecular flexibility index (Phi) is 6.17. The molecule has 1 aromatic heterocycles. The van der Waals surface area contributed by atoms with Crippen molar-refractivity contribution in [3.05, 3.63) is 57.2 Å². The lowest BCUT2D eigenvalue weighted by Crippen LogP contribution is -2.46. The van der Waals surface area contributed by atoms with Crippen molar-refractivity contribution in [2.45, 2.75) is 30.5 Å². The van der Waals surface area contributed by atoms with Crippen molar-refractivity contribution in [3.8, 4) is 6.07 Å². The summed E-state index contributed by atoms with van der Waals surface area (Å²) in [5.41, 5.74) is 6.77. The Morgan fingerprint density at radius 3 is 2.52 bits per heavy atom. The molecule has 0 spiro atoms. The quantitative estimate of drug-likeness (QED) is 0.450. The molecule has 0 radical (unpaired) electrons. The molecular weight excluding hydrogens is 476 g/mol. The van der Waals surface area contributed by atoms with Crippen molar-refractivity contribution in [3.63, 3.8) is 0 Å². The number of hydrogen-bond acceptors (Lipinski definition) is 4. The van der Waals surface area contributed by atoms with Crippen LogP contribution in [0.3, 0.4) is 0 Å². The van der Waals surface area contributed by atoms with Gasteiger partial charge in [0, 0.05) is 16.6 Å². The van der Waals surface area contributed by atoms with Gasteiger partial charge < -0.3 is 10.7 Å². The molecule has 3 rings (SSSR count). The topological polar surface area (TPSA) is 112 Å². The first-order valence-electron chi connectivity index (χ1n) is 8.67. The van der Waals surface area contributed by atoms with E-state index in [-0.39, 0.29) is 21.8 Å². The lowest BCUT2D eigenvalue weighted by Gasteiger charge is -2.22. The molecule has 31 heavy (non-hydrogen) atoms. The molecule has 3 aromatic rings. The number of hydrogen-bond donors (Lipinski definition) is 3. The molecule has 0 aliphatic carbocycles. The Balaban J connectivity index is 2.03. The second kappa shape index (κ2) is 8.24. The number of H-pyrrole nitrogens is 1. The molecule has 0 fully saturated rings. The van der Waals surface area contributed by atoms with Crippen LogP contribution in [0, 0.1) is 18.3 Å². The maximum atomic E-state index is 13.8. The highest BCUT2D eigenvalue weighted by atomic mass is 35.5. The summed E-state index contributed by atoms with van der Waals surface area (Å²) >= 11 is 11.6. The summed E-state index contributed by atoms with van der Waals surface area (Å²) in [6, 6.07) is 4.87. The number of nitrogens with zero attached hydrogens (tertiary/aromatic N) is 1. The highest BCUT2D eigenvalue weighted by Gasteiger charge is 2.43. The van der Waals surface area contributed by atoms with Crippen LogP contribution in [0.15, 0.2) is 35.4 Å². The second-order valence-corrected chi connectivity index (χ2v) is 9.38. The summed E-state index contributed by atoms with van der Waals surface area (Å²) in [5, 5.41) is 9.29. The first-order valence-corrected chi connectivity index (χ1v) is 10.9. The first-order chi connectivity index (χ1) is 14.3. The monoisotopic (exact) mass is 490 g/mol. The standard InChI is InChI=1S/C19H15Cl2F3N4O2S/c1-9-2-10(7-25)17-13(3-9)11(8-27-17)4-16(19(22,23)24)28-31(29,30)18-14(21)5-12(20)6-15(18)26/h2-3,5-6,8,16,27-28H,4,26H2,1H3. The average molecular weight is 491 g/mol. The molecule has 0 aliphatic heterocycles. The minimum atomic E-state index is -4.92. The minimum absolute atomic E-state index is 0.0382. The highest BCUT2D eigenvalue weighted by molar-refractivity contribution is 7.89. The predicted octanol–water partition coefficient (Wildman–Crippen LogP) is 4.69. The third kappa shape index (κ3) is 4.75. The number of nitrogens with one attached hydrogen (secondary N) is 2. The normalized spacial score (nSPS) is 13.3. The van der Waals surface area contributed by atoms with Gasteiger partial charge in [-0.3, -0.25) is 0 Å². The number of halogens is 5. The van der Waals surface area contributed by atoms with Crippen LogP contribution in [0.4, 0.5) is 18.9 Å². The van der Waals surface area contributed by atoms with Gasteiger partial charge in [0.15, 0.2) is 0 Å². The molecule has 4 N–H and O–H groups in total. The van der Waals surface area contributed by atoms with E-state index in [1.165, 1.54) is 6.20 Å². The van der Waals surface area contributed by atoms with E-state index in [1.54, 1.807) is 23.8 Å². The van der Waals surface area contributed by atoms with Gasteiger partial charge in [-0.1, -0.05) is 23.2 Å².